The molecular weight excluding hydrogens is 256 g/mol. The van der Waals surface area contributed by atoms with Gasteiger partial charge in [-0.05, 0) is 37.5 Å². The number of hydrogen-bond acceptors (Lipinski definition) is 2. The number of carbonyl (C=O) groups is 2. The fourth-order valence-electron chi connectivity index (χ4n) is 1.98. The molecule has 0 saturated heterocycles. The molecule has 20 heavy (non-hydrogen) atoms. The molecule has 0 heterocycles. The van der Waals surface area contributed by atoms with Gasteiger partial charge in [-0.2, -0.15) is 0 Å². The highest BCUT2D eigenvalue weighted by molar-refractivity contribution is 5.75. The SMILES string of the molecule is Cc1cccc(C(C)NC(=O)N(C)CCC(=O)O)c1C. The van der Waals surface area contributed by atoms with E-state index < -0.39 is 5.97 Å². The largest absolute Gasteiger partial charge is 0.481 e. The van der Waals surface area contributed by atoms with Crippen molar-refractivity contribution in [1.82, 2.24) is 10.2 Å². The van der Waals surface area contributed by atoms with Crippen molar-refractivity contribution in [2.24, 2.45) is 0 Å². The molecule has 0 bridgehead atoms. The zero-order chi connectivity index (χ0) is 15.3. The third-order valence-electron chi connectivity index (χ3n) is 3.46. The van der Waals surface area contributed by atoms with Gasteiger partial charge in [0.15, 0.2) is 0 Å². The van der Waals surface area contributed by atoms with Crippen LogP contribution in [0.1, 0.15) is 36.1 Å². The van der Waals surface area contributed by atoms with E-state index in [-0.39, 0.29) is 25.0 Å². The van der Waals surface area contributed by atoms with Crippen LogP contribution < -0.4 is 5.32 Å². The lowest BCUT2D eigenvalue weighted by molar-refractivity contribution is -0.137. The Balaban J connectivity index is 2.65. The topological polar surface area (TPSA) is 69.6 Å². The number of aliphatic carboxylic acids is 1. The molecule has 0 aromatic heterocycles. The van der Waals surface area contributed by atoms with Crippen LogP contribution in [-0.4, -0.2) is 35.6 Å². The molecule has 5 nitrogen and oxygen atoms in total. The zero-order valence-corrected chi connectivity index (χ0v) is 12.4. The van der Waals surface area contributed by atoms with Crippen molar-refractivity contribution in [3.05, 3.63) is 34.9 Å². The van der Waals surface area contributed by atoms with Crippen LogP contribution in [0.3, 0.4) is 0 Å². The number of hydrogen-bond donors (Lipinski definition) is 2. The molecule has 2 amide bonds. The van der Waals surface area contributed by atoms with Crippen LogP contribution >= 0.6 is 0 Å². The number of nitrogens with one attached hydrogen (secondary N) is 1. The minimum absolute atomic E-state index is 0.0538. The van der Waals surface area contributed by atoms with Gasteiger partial charge in [0.2, 0.25) is 0 Å². The molecule has 1 rings (SSSR count). The van der Waals surface area contributed by atoms with Gasteiger partial charge >= 0.3 is 12.0 Å². The normalized spacial score (nSPS) is 11.8. The Hall–Kier alpha value is -2.04. The van der Waals surface area contributed by atoms with Gasteiger partial charge in [0.05, 0.1) is 12.5 Å². The van der Waals surface area contributed by atoms with Gasteiger partial charge < -0.3 is 15.3 Å². The Kier molecular flexibility index (Phi) is 5.55. The summed E-state index contributed by atoms with van der Waals surface area (Å²) in [6.07, 6.45) is -0.0538. The highest BCUT2D eigenvalue weighted by Gasteiger charge is 2.15. The van der Waals surface area contributed by atoms with E-state index >= 15 is 0 Å². The average molecular weight is 278 g/mol. The van der Waals surface area contributed by atoms with E-state index in [1.54, 1.807) is 7.05 Å². The van der Waals surface area contributed by atoms with E-state index in [1.807, 2.05) is 39.0 Å². The lowest BCUT2D eigenvalue weighted by atomic mass is 9.98. The van der Waals surface area contributed by atoms with Gasteiger partial charge in [-0.3, -0.25) is 4.79 Å². The molecule has 1 unspecified atom stereocenters. The number of amides is 2. The third-order valence-corrected chi connectivity index (χ3v) is 3.46. The number of nitrogens with zero attached hydrogens (tertiary/aromatic N) is 1. The maximum Gasteiger partial charge on any atom is 0.317 e. The molecule has 110 valence electrons. The quantitative estimate of drug-likeness (QED) is 0.869. The second-order valence-corrected chi connectivity index (χ2v) is 5.03. The van der Waals surface area contributed by atoms with E-state index in [9.17, 15) is 9.59 Å². The van der Waals surface area contributed by atoms with Gasteiger partial charge in [-0.25, -0.2) is 4.79 Å². The smallest absolute Gasteiger partial charge is 0.317 e. The summed E-state index contributed by atoms with van der Waals surface area (Å²) in [5.74, 6) is -0.910. The van der Waals surface area contributed by atoms with E-state index in [0.717, 1.165) is 11.1 Å². The fourth-order valence-corrected chi connectivity index (χ4v) is 1.98. The number of rotatable bonds is 5. The van der Waals surface area contributed by atoms with E-state index in [0.29, 0.717) is 0 Å². The second-order valence-electron chi connectivity index (χ2n) is 5.03. The van der Waals surface area contributed by atoms with Crippen LogP contribution in [0, 0.1) is 13.8 Å². The Labute approximate surface area is 119 Å². The summed E-state index contributed by atoms with van der Waals surface area (Å²) in [6.45, 7) is 6.18. The predicted octanol–water partition coefficient (Wildman–Crippen LogP) is 2.48. The zero-order valence-electron chi connectivity index (χ0n) is 12.4. The first-order chi connectivity index (χ1) is 9.32. The molecule has 0 spiro atoms. The molecule has 1 atom stereocenters. The van der Waals surface area contributed by atoms with Crippen LogP contribution in [0.15, 0.2) is 18.2 Å². The van der Waals surface area contributed by atoms with Gasteiger partial charge in [-0.1, -0.05) is 18.2 Å². The maximum atomic E-state index is 12.0. The average Bonchev–Trinajstić information content (AvgIpc) is 2.38. The molecule has 0 saturated carbocycles. The van der Waals surface area contributed by atoms with Crippen molar-refractivity contribution >= 4 is 12.0 Å². The van der Waals surface area contributed by atoms with Gasteiger partial charge in [-0.15, -0.1) is 0 Å². The van der Waals surface area contributed by atoms with E-state index in [2.05, 4.69) is 5.32 Å². The summed E-state index contributed by atoms with van der Waals surface area (Å²) < 4.78 is 0. The van der Waals surface area contributed by atoms with Gasteiger partial charge in [0, 0.05) is 13.6 Å². The predicted molar refractivity (Wildman–Crippen MR) is 77.7 cm³/mol. The molecule has 0 aliphatic heterocycles. The first-order valence-corrected chi connectivity index (χ1v) is 6.62. The highest BCUT2D eigenvalue weighted by Crippen LogP contribution is 2.20. The Bertz CT molecular complexity index is 500. The molecule has 0 radical (unpaired) electrons. The van der Waals surface area contributed by atoms with Crippen LogP contribution in [0.2, 0.25) is 0 Å². The molecule has 5 heteroatoms. The van der Waals surface area contributed by atoms with Crippen molar-refractivity contribution in [3.8, 4) is 0 Å². The third kappa shape index (κ3) is 4.26. The number of aryl methyl sites for hydroxylation is 1. The molecule has 2 N–H and O–H groups in total. The minimum atomic E-state index is -0.910. The molecule has 1 aromatic carbocycles. The van der Waals surface area contributed by atoms with Crippen molar-refractivity contribution in [2.75, 3.05) is 13.6 Å². The van der Waals surface area contributed by atoms with E-state index in [4.69, 9.17) is 5.11 Å². The second kappa shape index (κ2) is 6.93. The Morgan fingerprint density at radius 1 is 1.35 bits per heavy atom. The number of carbonyl (C=O) groups excluding carboxylic acids is 1. The molecule has 1 aromatic rings. The summed E-state index contributed by atoms with van der Waals surface area (Å²) in [4.78, 5) is 23.8. The van der Waals surface area contributed by atoms with Crippen molar-refractivity contribution in [3.63, 3.8) is 0 Å². The molecule has 0 fully saturated rings. The van der Waals surface area contributed by atoms with Gasteiger partial charge in [0.25, 0.3) is 0 Å². The first kappa shape index (κ1) is 16.0. The molecular formula is C15H22N2O3. The monoisotopic (exact) mass is 278 g/mol. The summed E-state index contributed by atoms with van der Waals surface area (Å²) in [7, 11) is 1.59. The number of carboxylic acids is 1. The first-order valence-electron chi connectivity index (χ1n) is 6.62. The number of carboxylic acid groups (broad SMARTS) is 1. The lowest BCUT2D eigenvalue weighted by Gasteiger charge is -2.22. The van der Waals surface area contributed by atoms with Crippen LogP contribution in [-0.2, 0) is 4.79 Å². The Morgan fingerprint density at radius 3 is 2.60 bits per heavy atom. The maximum absolute atomic E-state index is 12.0. The number of benzene rings is 1. The molecule has 0 aliphatic rings. The molecule has 0 aliphatic carbocycles. The van der Waals surface area contributed by atoms with Crippen LogP contribution in [0.25, 0.3) is 0 Å². The fraction of sp³-hybridized carbons (Fsp3) is 0.467. The summed E-state index contributed by atoms with van der Waals surface area (Å²) >= 11 is 0. The summed E-state index contributed by atoms with van der Waals surface area (Å²) in [5, 5.41) is 11.5. The van der Waals surface area contributed by atoms with E-state index in [1.165, 1.54) is 10.5 Å². The standard InChI is InChI=1S/C15H22N2O3/c1-10-6-5-7-13(11(10)2)12(3)16-15(20)17(4)9-8-14(18)19/h5-7,12H,8-9H2,1-4H3,(H,16,20)(H,18,19). The highest BCUT2D eigenvalue weighted by atomic mass is 16.4. The van der Waals surface area contributed by atoms with Crippen molar-refractivity contribution in [1.29, 1.82) is 0 Å². The summed E-state index contributed by atoms with van der Waals surface area (Å²) in [6, 6.07) is 5.61. The minimum Gasteiger partial charge on any atom is -0.481 e. The Morgan fingerprint density at radius 2 is 2.00 bits per heavy atom. The summed E-state index contributed by atoms with van der Waals surface area (Å²) in [5.41, 5.74) is 3.42. The number of urea groups is 1. The van der Waals surface area contributed by atoms with Crippen LogP contribution in [0.5, 0.6) is 0 Å². The van der Waals surface area contributed by atoms with Crippen molar-refractivity contribution < 1.29 is 14.7 Å². The van der Waals surface area contributed by atoms with Crippen molar-refractivity contribution in [2.45, 2.75) is 33.2 Å². The van der Waals surface area contributed by atoms with Crippen LogP contribution in [0.4, 0.5) is 4.79 Å². The lowest BCUT2D eigenvalue weighted by Crippen LogP contribution is -2.39. The van der Waals surface area contributed by atoms with Gasteiger partial charge in [0.1, 0.15) is 0 Å².